The number of fused-ring (bicyclic) bond motifs is 2. The lowest BCUT2D eigenvalue weighted by molar-refractivity contribution is -0.122. The van der Waals surface area contributed by atoms with Crippen LogP contribution in [-0.4, -0.2) is 82.8 Å². The summed E-state index contributed by atoms with van der Waals surface area (Å²) in [5, 5.41) is 3.67. The largest absolute Gasteiger partial charge is 0.372 e. The quantitative estimate of drug-likeness (QED) is 0.459. The summed E-state index contributed by atoms with van der Waals surface area (Å²) in [6.07, 6.45) is 2.49. The van der Waals surface area contributed by atoms with E-state index in [9.17, 15) is 22.0 Å². The molecule has 4 aliphatic rings. The van der Waals surface area contributed by atoms with E-state index in [0.717, 1.165) is 34.3 Å². The molecule has 40 heavy (non-hydrogen) atoms. The van der Waals surface area contributed by atoms with Gasteiger partial charge in [-0.3, -0.25) is 9.78 Å². The average molecular weight is 573 g/mol. The van der Waals surface area contributed by atoms with Crippen LogP contribution in [0.5, 0.6) is 0 Å². The Bertz CT molecular complexity index is 1560. The van der Waals surface area contributed by atoms with Gasteiger partial charge in [0.2, 0.25) is 5.91 Å². The Morgan fingerprint density at radius 2 is 1.85 bits per heavy atom. The fraction of sp³-hybridized carbons (Fsp3) is 0.481. The standard InChI is InChI=1S/C27H30F2N6O4S/c1-16-13-34(14-17(2)39-16)24-5-3-4-21(32-24)22-7-6-18-12-30-19(8-23(18)31-22)9-25(36)33-27-10-20(11-27)35(15-27)40(37,38)26(28)29/h3-8,12,16-17,20,26H,9-11,13-15H2,1-2H3,(H,33,36)/t16-,17+,20?,27?. The lowest BCUT2D eigenvalue weighted by Crippen LogP contribution is -2.55. The molecule has 1 aliphatic carbocycles. The van der Waals surface area contributed by atoms with Crippen LogP contribution in [0.3, 0.4) is 0 Å². The molecule has 2 bridgehead atoms. The van der Waals surface area contributed by atoms with Crippen molar-refractivity contribution in [1.29, 1.82) is 0 Å². The third-order valence-electron chi connectivity index (χ3n) is 7.79. The van der Waals surface area contributed by atoms with E-state index in [2.05, 4.69) is 15.2 Å². The van der Waals surface area contributed by atoms with Crippen molar-refractivity contribution in [3.05, 3.63) is 48.3 Å². The second kappa shape index (κ2) is 9.96. The molecular weight excluding hydrogens is 542 g/mol. The molecule has 3 aromatic heterocycles. The van der Waals surface area contributed by atoms with Crippen molar-refractivity contribution in [3.63, 3.8) is 0 Å². The van der Waals surface area contributed by atoms with E-state index in [4.69, 9.17) is 14.7 Å². The zero-order valence-electron chi connectivity index (χ0n) is 22.1. The Kier molecular flexibility index (Phi) is 6.70. The molecule has 3 aromatic rings. The maximum Gasteiger partial charge on any atom is 0.350 e. The summed E-state index contributed by atoms with van der Waals surface area (Å²) in [4.78, 5) is 29.1. The SMILES string of the molecule is C[C@@H]1CN(c2cccc(-c3ccc4cnc(CC(=O)NC56CC(C5)N(S(=O)(=O)C(F)F)C6)cc4n3)n2)C[C@H](C)O1. The zero-order valence-corrected chi connectivity index (χ0v) is 22.9. The summed E-state index contributed by atoms with van der Waals surface area (Å²) in [6, 6.07) is 10.9. The van der Waals surface area contributed by atoms with E-state index < -0.39 is 27.4 Å². The molecule has 6 heterocycles. The van der Waals surface area contributed by atoms with Gasteiger partial charge in [-0.25, -0.2) is 18.4 Å². The summed E-state index contributed by atoms with van der Waals surface area (Å²) in [5.74, 6) is -2.96. The molecular formula is C27H30F2N6O4S. The van der Waals surface area contributed by atoms with Crippen LogP contribution in [0.4, 0.5) is 14.6 Å². The van der Waals surface area contributed by atoms with Gasteiger partial charge in [0.15, 0.2) is 0 Å². The second-order valence-corrected chi connectivity index (χ2v) is 12.9. The smallest absolute Gasteiger partial charge is 0.350 e. The molecule has 0 spiro atoms. The number of rotatable bonds is 7. The van der Waals surface area contributed by atoms with Crippen LogP contribution in [0, 0.1) is 0 Å². The molecule has 0 unspecified atom stereocenters. The molecule has 0 radical (unpaired) electrons. The van der Waals surface area contributed by atoms with E-state index in [1.165, 1.54) is 0 Å². The second-order valence-electron chi connectivity index (χ2n) is 11.0. The number of morpholine rings is 1. The average Bonchev–Trinajstić information content (AvgIpc) is 3.44. The number of alkyl halides is 2. The fourth-order valence-electron chi connectivity index (χ4n) is 6.05. The molecule has 0 aromatic carbocycles. The van der Waals surface area contributed by atoms with Gasteiger partial charge in [0, 0.05) is 37.3 Å². The first-order valence-corrected chi connectivity index (χ1v) is 14.7. The van der Waals surface area contributed by atoms with Crippen molar-refractivity contribution < 1.29 is 26.7 Å². The molecule has 13 heteroatoms. The highest BCUT2D eigenvalue weighted by Crippen LogP contribution is 2.46. The van der Waals surface area contributed by atoms with Gasteiger partial charge in [-0.05, 0) is 57.0 Å². The minimum Gasteiger partial charge on any atom is -0.372 e. The third-order valence-corrected chi connectivity index (χ3v) is 9.32. The normalized spacial score (nSPS) is 26.7. The Balaban J connectivity index is 1.16. The van der Waals surface area contributed by atoms with Crippen molar-refractivity contribution in [1.82, 2.24) is 24.6 Å². The van der Waals surface area contributed by atoms with E-state index in [1.807, 2.05) is 44.2 Å². The van der Waals surface area contributed by atoms with E-state index >= 15 is 0 Å². The number of carbonyl (C=O) groups is 1. The van der Waals surface area contributed by atoms with E-state index in [0.29, 0.717) is 29.7 Å². The summed E-state index contributed by atoms with van der Waals surface area (Å²) >= 11 is 0. The van der Waals surface area contributed by atoms with Crippen molar-refractivity contribution >= 4 is 32.7 Å². The number of halogens is 2. The topological polar surface area (TPSA) is 118 Å². The number of anilines is 1. The molecule has 1 N–H and O–H groups in total. The molecule has 3 saturated heterocycles. The molecule has 1 amide bonds. The lowest BCUT2D eigenvalue weighted by atomic mass is 9.78. The highest BCUT2D eigenvalue weighted by atomic mass is 32.2. The number of hydrogen-bond acceptors (Lipinski definition) is 8. The summed E-state index contributed by atoms with van der Waals surface area (Å²) in [6.45, 7) is 5.47. The fourth-order valence-corrected chi connectivity index (χ4v) is 7.25. The predicted octanol–water partition coefficient (Wildman–Crippen LogP) is 2.73. The zero-order chi connectivity index (χ0) is 28.2. The van der Waals surface area contributed by atoms with Crippen LogP contribution in [0.2, 0.25) is 0 Å². The molecule has 10 nitrogen and oxygen atoms in total. The monoisotopic (exact) mass is 572 g/mol. The van der Waals surface area contributed by atoms with Gasteiger partial charge in [0.05, 0.1) is 46.8 Å². The summed E-state index contributed by atoms with van der Waals surface area (Å²) in [7, 11) is -4.67. The molecule has 3 aliphatic heterocycles. The van der Waals surface area contributed by atoms with Crippen LogP contribution >= 0.6 is 0 Å². The molecule has 2 atom stereocenters. The Morgan fingerprint density at radius 3 is 2.58 bits per heavy atom. The van der Waals surface area contributed by atoms with Gasteiger partial charge in [-0.1, -0.05) is 6.07 Å². The van der Waals surface area contributed by atoms with Crippen LogP contribution < -0.4 is 10.2 Å². The van der Waals surface area contributed by atoms with Gasteiger partial charge in [0.25, 0.3) is 10.0 Å². The van der Waals surface area contributed by atoms with Crippen LogP contribution in [0.25, 0.3) is 22.3 Å². The number of pyridine rings is 3. The van der Waals surface area contributed by atoms with Crippen molar-refractivity contribution in [2.75, 3.05) is 24.5 Å². The van der Waals surface area contributed by atoms with E-state index in [-0.39, 0.29) is 31.1 Å². The van der Waals surface area contributed by atoms with Crippen molar-refractivity contribution in [3.8, 4) is 11.4 Å². The predicted molar refractivity (Wildman–Crippen MR) is 144 cm³/mol. The first-order valence-electron chi connectivity index (χ1n) is 13.2. The summed E-state index contributed by atoms with van der Waals surface area (Å²) in [5.41, 5.74) is 1.77. The van der Waals surface area contributed by atoms with Gasteiger partial charge in [-0.2, -0.15) is 13.1 Å². The lowest BCUT2D eigenvalue weighted by Gasteiger charge is -2.37. The number of amides is 1. The number of hydrogen-bond donors (Lipinski definition) is 1. The number of nitrogens with zero attached hydrogens (tertiary/aromatic N) is 5. The maximum absolute atomic E-state index is 13.0. The maximum atomic E-state index is 13.0. The molecule has 4 fully saturated rings. The van der Waals surface area contributed by atoms with Crippen molar-refractivity contribution in [2.45, 2.75) is 62.7 Å². The van der Waals surface area contributed by atoms with Crippen LogP contribution in [-0.2, 0) is 26.0 Å². The van der Waals surface area contributed by atoms with Crippen molar-refractivity contribution in [2.24, 2.45) is 0 Å². The van der Waals surface area contributed by atoms with Gasteiger partial charge < -0.3 is 15.0 Å². The Hall–Kier alpha value is -3.29. The van der Waals surface area contributed by atoms with Gasteiger partial charge in [-0.15, -0.1) is 0 Å². The van der Waals surface area contributed by atoms with E-state index in [1.54, 1.807) is 12.3 Å². The minimum absolute atomic E-state index is 0.0446. The third kappa shape index (κ3) is 5.01. The Labute approximate surface area is 230 Å². The first kappa shape index (κ1) is 26.9. The highest BCUT2D eigenvalue weighted by Gasteiger charge is 2.60. The molecule has 7 rings (SSSR count). The number of carbonyl (C=O) groups excluding carboxylic acids is 1. The highest BCUT2D eigenvalue weighted by molar-refractivity contribution is 7.89. The minimum atomic E-state index is -4.67. The number of ether oxygens (including phenoxy) is 1. The number of aromatic nitrogens is 3. The number of sulfonamides is 1. The summed E-state index contributed by atoms with van der Waals surface area (Å²) < 4.78 is 56.4. The molecule has 212 valence electrons. The van der Waals surface area contributed by atoms with Gasteiger partial charge >= 0.3 is 5.76 Å². The number of nitrogens with one attached hydrogen (secondary N) is 1. The van der Waals surface area contributed by atoms with Crippen LogP contribution in [0.15, 0.2) is 42.6 Å². The molecule has 1 saturated carbocycles. The van der Waals surface area contributed by atoms with Crippen LogP contribution in [0.1, 0.15) is 32.4 Å². The first-order chi connectivity index (χ1) is 19.0. The van der Waals surface area contributed by atoms with Gasteiger partial charge in [0.1, 0.15) is 5.82 Å². The Morgan fingerprint density at radius 1 is 1.12 bits per heavy atom.